The number of thiocarbonyl (C=S) groups is 1. The van der Waals surface area contributed by atoms with Crippen LogP contribution in [0.1, 0.15) is 70.6 Å². The summed E-state index contributed by atoms with van der Waals surface area (Å²) >= 11 is 5.32. The van der Waals surface area contributed by atoms with Gasteiger partial charge in [-0.05, 0) is 25.7 Å². The molecular formula is C16H29N3OS. The Morgan fingerprint density at radius 3 is 1.90 bits per heavy atom. The average molecular weight is 311 g/mol. The van der Waals surface area contributed by atoms with E-state index in [9.17, 15) is 4.79 Å². The lowest BCUT2D eigenvalue weighted by Gasteiger charge is -2.37. The van der Waals surface area contributed by atoms with Gasteiger partial charge in [-0.25, -0.2) is 4.79 Å². The standard InChI is InChI=1S/C16H29N3OS/c17-14(21)16(10-6-2-1-3-7-11-16)18-15(20)19-12-8-4-5-9-13-19/h1-13H2,(H2,17,21)(H,18,20). The summed E-state index contributed by atoms with van der Waals surface area (Å²) in [6.45, 7) is 1.72. The van der Waals surface area contributed by atoms with E-state index in [-0.39, 0.29) is 6.03 Å². The van der Waals surface area contributed by atoms with Gasteiger partial charge >= 0.3 is 6.03 Å². The Bertz CT molecular complexity index is 357. The summed E-state index contributed by atoms with van der Waals surface area (Å²) in [5.74, 6) is 0. The molecule has 0 unspecified atom stereocenters. The van der Waals surface area contributed by atoms with Crippen LogP contribution in [0.3, 0.4) is 0 Å². The van der Waals surface area contributed by atoms with E-state index in [0.29, 0.717) is 4.99 Å². The van der Waals surface area contributed by atoms with Gasteiger partial charge in [-0.15, -0.1) is 0 Å². The van der Waals surface area contributed by atoms with E-state index in [4.69, 9.17) is 18.0 Å². The zero-order valence-corrected chi connectivity index (χ0v) is 13.8. The lowest BCUT2D eigenvalue weighted by molar-refractivity contribution is 0.187. The highest BCUT2D eigenvalue weighted by Crippen LogP contribution is 2.27. The molecular weight excluding hydrogens is 282 g/mol. The molecule has 120 valence electrons. The summed E-state index contributed by atoms with van der Waals surface area (Å²) in [6.07, 6.45) is 12.3. The molecule has 1 saturated carbocycles. The quantitative estimate of drug-likeness (QED) is 0.769. The first-order valence-corrected chi connectivity index (χ1v) is 8.92. The maximum atomic E-state index is 12.6. The van der Waals surface area contributed by atoms with E-state index >= 15 is 0 Å². The Morgan fingerprint density at radius 2 is 1.38 bits per heavy atom. The summed E-state index contributed by atoms with van der Waals surface area (Å²) in [7, 11) is 0. The SMILES string of the molecule is NC(=S)C1(NC(=O)N2CCCCCC2)CCCCCCC1. The van der Waals surface area contributed by atoms with Gasteiger partial charge in [-0.1, -0.05) is 57.2 Å². The molecule has 2 aliphatic rings. The number of hydrogen-bond acceptors (Lipinski definition) is 2. The second kappa shape index (κ2) is 7.97. The van der Waals surface area contributed by atoms with E-state index in [2.05, 4.69) is 5.32 Å². The third kappa shape index (κ3) is 4.56. The molecule has 0 aromatic heterocycles. The van der Waals surface area contributed by atoms with Crippen molar-refractivity contribution in [2.75, 3.05) is 13.1 Å². The third-order valence-corrected chi connectivity index (χ3v) is 5.31. The number of carbonyl (C=O) groups is 1. The van der Waals surface area contributed by atoms with Crippen LogP contribution in [0.2, 0.25) is 0 Å². The Morgan fingerprint density at radius 1 is 0.905 bits per heavy atom. The molecule has 1 saturated heterocycles. The molecule has 4 nitrogen and oxygen atoms in total. The minimum Gasteiger partial charge on any atom is -0.391 e. The fraction of sp³-hybridized carbons (Fsp3) is 0.875. The molecule has 2 fully saturated rings. The number of likely N-dealkylation sites (tertiary alicyclic amines) is 1. The molecule has 0 radical (unpaired) electrons. The minimum absolute atomic E-state index is 0.0327. The number of amides is 2. The summed E-state index contributed by atoms with van der Waals surface area (Å²) in [4.78, 5) is 15.0. The molecule has 5 heteroatoms. The van der Waals surface area contributed by atoms with Gasteiger partial charge in [0.2, 0.25) is 0 Å². The van der Waals surface area contributed by atoms with Crippen molar-refractivity contribution in [2.24, 2.45) is 5.73 Å². The van der Waals surface area contributed by atoms with Gasteiger partial charge in [0.05, 0.1) is 10.5 Å². The zero-order chi connectivity index (χ0) is 15.1. The van der Waals surface area contributed by atoms with Crippen molar-refractivity contribution in [1.82, 2.24) is 10.2 Å². The monoisotopic (exact) mass is 311 g/mol. The number of carbonyl (C=O) groups excluding carboxylic acids is 1. The van der Waals surface area contributed by atoms with Crippen LogP contribution in [0.4, 0.5) is 4.79 Å². The highest BCUT2D eigenvalue weighted by atomic mass is 32.1. The Kier molecular flexibility index (Phi) is 6.27. The minimum atomic E-state index is -0.459. The first-order valence-electron chi connectivity index (χ1n) is 8.51. The van der Waals surface area contributed by atoms with Crippen LogP contribution in [0, 0.1) is 0 Å². The third-order valence-electron chi connectivity index (χ3n) is 4.92. The van der Waals surface area contributed by atoms with Crippen molar-refractivity contribution in [3.63, 3.8) is 0 Å². The van der Waals surface area contributed by atoms with E-state index < -0.39 is 5.54 Å². The van der Waals surface area contributed by atoms with Crippen LogP contribution in [-0.2, 0) is 0 Å². The Hall–Kier alpha value is -0.840. The van der Waals surface area contributed by atoms with Crippen LogP contribution >= 0.6 is 12.2 Å². The van der Waals surface area contributed by atoms with Gasteiger partial charge in [0.1, 0.15) is 0 Å². The van der Waals surface area contributed by atoms with Crippen LogP contribution in [0.15, 0.2) is 0 Å². The normalized spacial score (nSPS) is 23.5. The first kappa shape index (κ1) is 16.5. The van der Waals surface area contributed by atoms with Crippen molar-refractivity contribution in [1.29, 1.82) is 0 Å². The van der Waals surface area contributed by atoms with Gasteiger partial charge in [-0.2, -0.15) is 0 Å². The van der Waals surface area contributed by atoms with E-state index in [1.165, 1.54) is 32.1 Å². The van der Waals surface area contributed by atoms with Crippen LogP contribution in [0.5, 0.6) is 0 Å². The summed E-state index contributed by atoms with van der Waals surface area (Å²) < 4.78 is 0. The van der Waals surface area contributed by atoms with Crippen LogP contribution < -0.4 is 11.1 Å². The fourth-order valence-corrected chi connectivity index (χ4v) is 3.75. The maximum absolute atomic E-state index is 12.6. The van der Waals surface area contributed by atoms with E-state index in [0.717, 1.165) is 51.6 Å². The molecule has 3 N–H and O–H groups in total. The maximum Gasteiger partial charge on any atom is 0.318 e. The van der Waals surface area contributed by atoms with Gasteiger partial charge < -0.3 is 16.0 Å². The van der Waals surface area contributed by atoms with Crippen molar-refractivity contribution in [2.45, 2.75) is 76.2 Å². The number of urea groups is 1. The van der Waals surface area contributed by atoms with Crippen molar-refractivity contribution < 1.29 is 4.79 Å². The zero-order valence-electron chi connectivity index (χ0n) is 13.0. The largest absolute Gasteiger partial charge is 0.391 e. The Balaban J connectivity index is 2.03. The van der Waals surface area contributed by atoms with E-state index in [1.807, 2.05) is 4.90 Å². The average Bonchev–Trinajstić information content (AvgIpc) is 2.70. The number of rotatable bonds is 2. The fourth-order valence-electron chi connectivity index (χ4n) is 3.50. The first-order chi connectivity index (χ1) is 10.1. The van der Waals surface area contributed by atoms with E-state index in [1.54, 1.807) is 0 Å². The molecule has 1 aliphatic heterocycles. The van der Waals surface area contributed by atoms with Crippen molar-refractivity contribution in [3.8, 4) is 0 Å². The van der Waals surface area contributed by atoms with Gasteiger partial charge in [-0.3, -0.25) is 0 Å². The van der Waals surface area contributed by atoms with Gasteiger partial charge in [0.15, 0.2) is 0 Å². The predicted molar refractivity (Wildman–Crippen MR) is 90.4 cm³/mol. The highest BCUT2D eigenvalue weighted by molar-refractivity contribution is 7.80. The van der Waals surface area contributed by atoms with Crippen LogP contribution in [0.25, 0.3) is 0 Å². The number of hydrogen-bond donors (Lipinski definition) is 2. The van der Waals surface area contributed by atoms with Gasteiger partial charge in [0.25, 0.3) is 0 Å². The highest BCUT2D eigenvalue weighted by Gasteiger charge is 2.36. The van der Waals surface area contributed by atoms with Gasteiger partial charge in [0, 0.05) is 13.1 Å². The number of nitrogens with one attached hydrogen (secondary N) is 1. The lowest BCUT2D eigenvalue weighted by Crippen LogP contribution is -2.59. The molecule has 0 aromatic rings. The summed E-state index contributed by atoms with van der Waals surface area (Å²) in [6, 6.07) is 0.0327. The predicted octanol–water partition coefficient (Wildman–Crippen LogP) is 3.34. The summed E-state index contributed by atoms with van der Waals surface area (Å²) in [5, 5.41) is 3.22. The molecule has 0 aromatic carbocycles. The lowest BCUT2D eigenvalue weighted by atomic mass is 9.84. The molecule has 1 aliphatic carbocycles. The number of nitrogens with zero attached hydrogens (tertiary/aromatic N) is 1. The summed E-state index contributed by atoms with van der Waals surface area (Å²) in [5.41, 5.74) is 5.57. The second-order valence-corrected chi connectivity index (χ2v) is 6.99. The second-order valence-electron chi connectivity index (χ2n) is 6.55. The Labute approximate surface area is 133 Å². The molecule has 0 bridgehead atoms. The molecule has 21 heavy (non-hydrogen) atoms. The van der Waals surface area contributed by atoms with Crippen molar-refractivity contribution in [3.05, 3.63) is 0 Å². The molecule has 2 amide bonds. The van der Waals surface area contributed by atoms with Crippen molar-refractivity contribution >= 4 is 23.2 Å². The molecule has 0 spiro atoms. The molecule has 0 atom stereocenters. The smallest absolute Gasteiger partial charge is 0.318 e. The molecule has 2 rings (SSSR count). The molecule has 1 heterocycles. The van der Waals surface area contributed by atoms with Crippen LogP contribution in [-0.4, -0.2) is 34.5 Å². The number of nitrogens with two attached hydrogens (primary N) is 1. The topological polar surface area (TPSA) is 58.4 Å².